The minimum absolute atomic E-state index is 0.286. The Morgan fingerprint density at radius 3 is 2.36 bits per heavy atom. The fourth-order valence-electron chi connectivity index (χ4n) is 0.472. The summed E-state index contributed by atoms with van der Waals surface area (Å²) in [6, 6.07) is 0. The molecule has 0 spiro atoms. The highest BCUT2D eigenvalue weighted by atomic mass is 32.2. The van der Waals surface area contributed by atoms with Gasteiger partial charge in [0.05, 0.1) is 6.61 Å². The van der Waals surface area contributed by atoms with Crippen LogP contribution in [0.2, 0.25) is 0 Å². The Morgan fingerprint density at radius 1 is 1.45 bits per heavy atom. The van der Waals surface area contributed by atoms with E-state index in [1.165, 1.54) is 0 Å². The number of rotatable bonds is 4. The first-order chi connectivity index (χ1) is 4.95. The lowest BCUT2D eigenvalue weighted by Gasteiger charge is -2.00. The van der Waals surface area contributed by atoms with Gasteiger partial charge in [-0.25, -0.2) is 8.42 Å². The van der Waals surface area contributed by atoms with Crippen LogP contribution in [0.5, 0.6) is 0 Å². The quantitative estimate of drug-likeness (QED) is 0.571. The standard InChI is InChI=1S/C6H12O4S/c1-3-4-10-6(7)5-11(2,8)9/h3-5H2,1-2H3. The molecular formula is C6H12O4S. The van der Waals surface area contributed by atoms with Crippen LogP contribution in [0.3, 0.4) is 0 Å². The molecule has 0 unspecified atom stereocenters. The van der Waals surface area contributed by atoms with Gasteiger partial charge in [-0.3, -0.25) is 4.79 Å². The molecule has 0 aliphatic heterocycles. The van der Waals surface area contributed by atoms with Gasteiger partial charge < -0.3 is 4.74 Å². The van der Waals surface area contributed by atoms with E-state index < -0.39 is 21.6 Å². The molecule has 0 aromatic rings. The van der Waals surface area contributed by atoms with Crippen molar-refractivity contribution in [2.24, 2.45) is 0 Å². The summed E-state index contributed by atoms with van der Waals surface area (Å²) in [6.07, 6.45) is 1.70. The van der Waals surface area contributed by atoms with E-state index in [1.54, 1.807) is 0 Å². The normalized spacial score (nSPS) is 11.1. The Morgan fingerprint density at radius 2 is 2.00 bits per heavy atom. The lowest BCUT2D eigenvalue weighted by atomic mass is 10.5. The Labute approximate surface area is 66.5 Å². The summed E-state index contributed by atoms with van der Waals surface area (Å²) in [7, 11) is -3.23. The van der Waals surface area contributed by atoms with Crippen LogP contribution in [0.4, 0.5) is 0 Å². The second kappa shape index (κ2) is 4.33. The average molecular weight is 180 g/mol. The minimum atomic E-state index is -3.23. The summed E-state index contributed by atoms with van der Waals surface area (Å²) in [5.74, 6) is -1.19. The number of hydrogen-bond donors (Lipinski definition) is 0. The van der Waals surface area contributed by atoms with E-state index in [0.717, 1.165) is 6.26 Å². The Kier molecular flexibility index (Phi) is 4.10. The molecule has 0 atom stereocenters. The maximum absolute atomic E-state index is 10.6. The van der Waals surface area contributed by atoms with Crippen LogP contribution in [0.15, 0.2) is 0 Å². The summed E-state index contributed by atoms with van der Waals surface area (Å²) in [6.45, 7) is 2.13. The largest absolute Gasteiger partial charge is 0.465 e. The van der Waals surface area contributed by atoms with Crippen molar-refractivity contribution >= 4 is 15.8 Å². The first-order valence-electron chi connectivity index (χ1n) is 3.29. The molecule has 0 aliphatic carbocycles. The molecule has 0 saturated heterocycles. The summed E-state index contributed by atoms with van der Waals surface area (Å²) in [5, 5.41) is 0. The Balaban J connectivity index is 3.71. The molecule has 0 bridgehead atoms. The van der Waals surface area contributed by atoms with Gasteiger partial charge in [0, 0.05) is 6.26 Å². The number of carbonyl (C=O) groups excluding carboxylic acids is 1. The highest BCUT2D eigenvalue weighted by Gasteiger charge is 2.10. The molecule has 0 saturated carbocycles. The molecule has 0 heterocycles. The van der Waals surface area contributed by atoms with Gasteiger partial charge in [0.1, 0.15) is 5.75 Å². The van der Waals surface area contributed by atoms with Crippen LogP contribution in [0.1, 0.15) is 13.3 Å². The highest BCUT2D eigenvalue weighted by molar-refractivity contribution is 7.91. The molecule has 0 rings (SSSR count). The van der Waals surface area contributed by atoms with Crippen LogP contribution < -0.4 is 0 Å². The molecule has 0 aromatic heterocycles. The highest BCUT2D eigenvalue weighted by Crippen LogP contribution is 1.88. The molecule has 66 valence electrons. The minimum Gasteiger partial charge on any atom is -0.465 e. The summed E-state index contributed by atoms with van der Waals surface area (Å²) in [5.41, 5.74) is 0. The lowest BCUT2D eigenvalue weighted by Crippen LogP contribution is -2.17. The van der Waals surface area contributed by atoms with E-state index in [9.17, 15) is 13.2 Å². The zero-order chi connectivity index (χ0) is 8.91. The summed E-state index contributed by atoms with van der Waals surface area (Å²) < 4.78 is 25.6. The van der Waals surface area contributed by atoms with E-state index in [2.05, 4.69) is 4.74 Å². The molecule has 0 fully saturated rings. The van der Waals surface area contributed by atoms with Gasteiger partial charge in [0.15, 0.2) is 9.84 Å². The number of esters is 1. The number of ether oxygens (including phenoxy) is 1. The fraction of sp³-hybridized carbons (Fsp3) is 0.833. The van der Waals surface area contributed by atoms with Crippen LogP contribution in [0, 0.1) is 0 Å². The van der Waals surface area contributed by atoms with Crippen LogP contribution >= 0.6 is 0 Å². The first-order valence-corrected chi connectivity index (χ1v) is 5.35. The number of carbonyl (C=O) groups is 1. The average Bonchev–Trinajstić information content (AvgIpc) is 1.79. The summed E-state index contributed by atoms with van der Waals surface area (Å²) in [4.78, 5) is 10.6. The molecular weight excluding hydrogens is 168 g/mol. The third-order valence-corrected chi connectivity index (χ3v) is 1.61. The van der Waals surface area contributed by atoms with Crippen molar-refractivity contribution in [3.8, 4) is 0 Å². The van der Waals surface area contributed by atoms with Crippen molar-refractivity contribution in [2.45, 2.75) is 13.3 Å². The van der Waals surface area contributed by atoms with Crippen LogP contribution in [-0.2, 0) is 19.4 Å². The second-order valence-corrected chi connectivity index (χ2v) is 4.43. The topological polar surface area (TPSA) is 60.4 Å². The fourth-order valence-corrected chi connectivity index (χ4v) is 0.983. The number of sulfone groups is 1. The van der Waals surface area contributed by atoms with Gasteiger partial charge in [-0.2, -0.15) is 0 Å². The molecule has 0 aliphatic rings. The van der Waals surface area contributed by atoms with Gasteiger partial charge in [-0.05, 0) is 6.42 Å². The van der Waals surface area contributed by atoms with Crippen molar-refractivity contribution in [3.05, 3.63) is 0 Å². The molecule has 11 heavy (non-hydrogen) atoms. The third-order valence-electron chi connectivity index (χ3n) is 0.847. The predicted molar refractivity (Wildman–Crippen MR) is 41.0 cm³/mol. The molecule has 5 heteroatoms. The van der Waals surface area contributed by atoms with Crippen molar-refractivity contribution in [1.82, 2.24) is 0 Å². The van der Waals surface area contributed by atoms with E-state index in [1.807, 2.05) is 6.92 Å². The van der Waals surface area contributed by atoms with Gasteiger partial charge in [-0.15, -0.1) is 0 Å². The van der Waals surface area contributed by atoms with E-state index in [4.69, 9.17) is 0 Å². The van der Waals surface area contributed by atoms with Gasteiger partial charge in [-0.1, -0.05) is 6.92 Å². The zero-order valence-electron chi connectivity index (χ0n) is 6.66. The molecule has 0 amide bonds. The van der Waals surface area contributed by atoms with Gasteiger partial charge >= 0.3 is 5.97 Å². The first kappa shape index (κ1) is 10.4. The zero-order valence-corrected chi connectivity index (χ0v) is 7.48. The third kappa shape index (κ3) is 7.32. The lowest BCUT2D eigenvalue weighted by molar-refractivity contribution is -0.140. The van der Waals surface area contributed by atoms with Crippen LogP contribution in [0.25, 0.3) is 0 Å². The van der Waals surface area contributed by atoms with Crippen molar-refractivity contribution < 1.29 is 17.9 Å². The van der Waals surface area contributed by atoms with Crippen molar-refractivity contribution in [2.75, 3.05) is 18.6 Å². The number of hydrogen-bond acceptors (Lipinski definition) is 4. The van der Waals surface area contributed by atoms with Crippen LogP contribution in [-0.4, -0.2) is 33.0 Å². The second-order valence-electron chi connectivity index (χ2n) is 2.29. The van der Waals surface area contributed by atoms with E-state index in [-0.39, 0.29) is 6.61 Å². The van der Waals surface area contributed by atoms with E-state index >= 15 is 0 Å². The molecule has 0 N–H and O–H groups in total. The molecule has 4 nitrogen and oxygen atoms in total. The molecule has 0 radical (unpaired) electrons. The predicted octanol–water partition coefficient (Wildman–Crippen LogP) is -0.0158. The molecule has 0 aromatic carbocycles. The van der Waals surface area contributed by atoms with E-state index in [0.29, 0.717) is 6.42 Å². The summed E-state index contributed by atoms with van der Waals surface area (Å²) >= 11 is 0. The Bertz CT molecular complexity index is 217. The monoisotopic (exact) mass is 180 g/mol. The maximum Gasteiger partial charge on any atom is 0.321 e. The van der Waals surface area contributed by atoms with Gasteiger partial charge in [0.25, 0.3) is 0 Å². The SMILES string of the molecule is CCCOC(=O)CS(C)(=O)=O. The van der Waals surface area contributed by atoms with Crippen molar-refractivity contribution in [3.63, 3.8) is 0 Å². The smallest absolute Gasteiger partial charge is 0.321 e. The van der Waals surface area contributed by atoms with Gasteiger partial charge in [0.2, 0.25) is 0 Å². The Hall–Kier alpha value is -0.580. The van der Waals surface area contributed by atoms with Crippen molar-refractivity contribution in [1.29, 1.82) is 0 Å². The maximum atomic E-state index is 10.6.